The van der Waals surface area contributed by atoms with Crippen LogP contribution in [0, 0.1) is 0 Å². The van der Waals surface area contributed by atoms with Crippen LogP contribution in [-0.4, -0.2) is 30.4 Å². The van der Waals surface area contributed by atoms with Gasteiger partial charge in [0.1, 0.15) is 5.75 Å². The minimum atomic E-state index is -0.229. The lowest BCUT2D eigenvalue weighted by Gasteiger charge is -2.21. The van der Waals surface area contributed by atoms with Crippen molar-refractivity contribution in [2.45, 2.75) is 19.9 Å². The van der Waals surface area contributed by atoms with Gasteiger partial charge in [-0.15, -0.1) is 0 Å². The third-order valence-electron chi connectivity index (χ3n) is 3.78. The smallest absolute Gasteiger partial charge is 0.226 e. The second kappa shape index (κ2) is 9.46. The van der Waals surface area contributed by atoms with Gasteiger partial charge in [0.25, 0.3) is 0 Å². The molecule has 2 rings (SSSR count). The van der Waals surface area contributed by atoms with E-state index >= 15 is 0 Å². The van der Waals surface area contributed by atoms with Gasteiger partial charge < -0.3 is 15.0 Å². The summed E-state index contributed by atoms with van der Waals surface area (Å²) in [6, 6.07) is 12.2. The summed E-state index contributed by atoms with van der Waals surface area (Å²) in [5, 5.41) is 3.90. The molecule has 0 bridgehead atoms. The maximum atomic E-state index is 12.3. The van der Waals surface area contributed by atoms with Crippen molar-refractivity contribution in [3.05, 3.63) is 58.1 Å². The fourth-order valence-electron chi connectivity index (χ4n) is 2.39. The molecule has 26 heavy (non-hydrogen) atoms. The van der Waals surface area contributed by atoms with E-state index in [4.69, 9.17) is 27.9 Å². The van der Waals surface area contributed by atoms with Crippen LogP contribution in [0.3, 0.4) is 0 Å². The molecule has 0 unspecified atom stereocenters. The van der Waals surface area contributed by atoms with Crippen LogP contribution in [0.4, 0.5) is 5.69 Å². The van der Waals surface area contributed by atoms with E-state index in [2.05, 4.69) is 5.32 Å². The first kappa shape index (κ1) is 20.1. The quantitative estimate of drug-likeness (QED) is 0.757. The predicted octanol–water partition coefficient (Wildman–Crippen LogP) is 4.38. The van der Waals surface area contributed by atoms with E-state index in [0.717, 1.165) is 5.56 Å². The Labute approximate surface area is 162 Å². The number of ether oxygens (including phenoxy) is 1. The van der Waals surface area contributed by atoms with Gasteiger partial charge in [0.05, 0.1) is 12.8 Å². The van der Waals surface area contributed by atoms with Crippen LogP contribution >= 0.6 is 23.2 Å². The summed E-state index contributed by atoms with van der Waals surface area (Å²) in [5.74, 6) is 0.188. The lowest BCUT2D eigenvalue weighted by molar-refractivity contribution is -0.129. The third kappa shape index (κ3) is 5.93. The van der Waals surface area contributed by atoms with E-state index in [1.807, 2.05) is 12.1 Å². The largest absolute Gasteiger partial charge is 0.495 e. The highest BCUT2D eigenvalue weighted by Crippen LogP contribution is 2.27. The summed E-state index contributed by atoms with van der Waals surface area (Å²) < 4.78 is 5.20. The molecule has 5 nitrogen and oxygen atoms in total. The number of nitrogens with zero attached hydrogens (tertiary/aromatic N) is 1. The molecular weight excluding hydrogens is 375 g/mol. The molecule has 0 saturated heterocycles. The van der Waals surface area contributed by atoms with Crippen LogP contribution in [0.15, 0.2) is 42.5 Å². The minimum Gasteiger partial charge on any atom is -0.495 e. The number of carbonyl (C=O) groups is 2. The Morgan fingerprint density at radius 1 is 1.08 bits per heavy atom. The van der Waals surface area contributed by atoms with Crippen molar-refractivity contribution < 1.29 is 14.3 Å². The minimum absolute atomic E-state index is 0.104. The molecule has 2 aromatic rings. The first-order chi connectivity index (χ1) is 12.4. The van der Waals surface area contributed by atoms with Crippen LogP contribution in [0.25, 0.3) is 0 Å². The van der Waals surface area contributed by atoms with Crippen LogP contribution in [0.5, 0.6) is 5.75 Å². The van der Waals surface area contributed by atoms with Gasteiger partial charge in [0, 0.05) is 36.5 Å². The number of hydrogen-bond donors (Lipinski definition) is 1. The van der Waals surface area contributed by atoms with Crippen molar-refractivity contribution >= 4 is 40.7 Å². The first-order valence-electron chi connectivity index (χ1n) is 8.02. The molecule has 0 aliphatic carbocycles. The topological polar surface area (TPSA) is 58.6 Å². The zero-order chi connectivity index (χ0) is 19.1. The van der Waals surface area contributed by atoms with E-state index < -0.39 is 0 Å². The molecule has 2 amide bonds. The number of nitrogens with one attached hydrogen (secondary N) is 1. The first-order valence-corrected chi connectivity index (χ1v) is 8.78. The number of carbonyl (C=O) groups excluding carboxylic acids is 2. The monoisotopic (exact) mass is 394 g/mol. The maximum Gasteiger partial charge on any atom is 0.226 e. The van der Waals surface area contributed by atoms with Gasteiger partial charge in [0.2, 0.25) is 11.8 Å². The Bertz CT molecular complexity index is 779. The summed E-state index contributed by atoms with van der Waals surface area (Å²) in [6.45, 7) is 2.20. The molecule has 0 atom stereocenters. The number of rotatable bonds is 7. The Balaban J connectivity index is 1.96. The summed E-state index contributed by atoms with van der Waals surface area (Å²) in [6.07, 6.45) is 0.156. The van der Waals surface area contributed by atoms with Crippen molar-refractivity contribution in [2.24, 2.45) is 0 Å². The van der Waals surface area contributed by atoms with Gasteiger partial charge in [-0.3, -0.25) is 9.59 Å². The van der Waals surface area contributed by atoms with Crippen LogP contribution in [0.2, 0.25) is 10.0 Å². The fraction of sp³-hybridized carbons (Fsp3) is 0.263. The zero-order valence-corrected chi connectivity index (χ0v) is 16.1. The van der Waals surface area contributed by atoms with Crippen LogP contribution in [0.1, 0.15) is 18.9 Å². The Morgan fingerprint density at radius 2 is 1.73 bits per heavy atom. The molecule has 0 saturated carbocycles. The van der Waals surface area contributed by atoms with Crippen molar-refractivity contribution in [3.63, 3.8) is 0 Å². The van der Waals surface area contributed by atoms with Crippen LogP contribution in [-0.2, 0) is 16.1 Å². The number of hydrogen-bond acceptors (Lipinski definition) is 3. The average Bonchev–Trinajstić information content (AvgIpc) is 2.60. The molecule has 0 heterocycles. The van der Waals surface area contributed by atoms with Crippen molar-refractivity contribution in [2.75, 3.05) is 19.0 Å². The predicted molar refractivity (Wildman–Crippen MR) is 104 cm³/mol. The summed E-state index contributed by atoms with van der Waals surface area (Å²) in [7, 11) is 1.52. The number of methoxy groups -OCH3 is 1. The molecule has 138 valence electrons. The molecule has 0 radical (unpaired) electrons. The number of benzene rings is 2. The van der Waals surface area contributed by atoms with Gasteiger partial charge in [-0.1, -0.05) is 35.3 Å². The van der Waals surface area contributed by atoms with Crippen LogP contribution < -0.4 is 10.1 Å². The highest BCUT2D eigenvalue weighted by atomic mass is 35.5. The molecule has 0 fully saturated rings. The molecule has 0 aliphatic heterocycles. The SMILES string of the molecule is COc1ccc(Cl)cc1NC(=O)CCN(Cc1ccc(Cl)cc1)C(C)=O. The van der Waals surface area contributed by atoms with Gasteiger partial charge in [-0.05, 0) is 35.9 Å². The van der Waals surface area contributed by atoms with Gasteiger partial charge >= 0.3 is 0 Å². The molecule has 1 N–H and O–H groups in total. The second-order valence-corrected chi connectivity index (χ2v) is 6.58. The molecule has 0 aromatic heterocycles. The van der Waals surface area contributed by atoms with Crippen molar-refractivity contribution in [1.29, 1.82) is 0 Å². The molecule has 0 spiro atoms. The van der Waals surface area contributed by atoms with Crippen molar-refractivity contribution in [3.8, 4) is 5.75 Å². The lowest BCUT2D eigenvalue weighted by Crippen LogP contribution is -2.31. The standard InChI is InChI=1S/C19H20Cl2N2O3/c1-13(24)23(12-14-3-5-15(20)6-4-14)10-9-19(25)22-17-11-16(21)7-8-18(17)26-2/h3-8,11H,9-10,12H2,1-2H3,(H,22,25). The summed E-state index contributed by atoms with van der Waals surface area (Å²) in [5.41, 5.74) is 1.44. The highest BCUT2D eigenvalue weighted by Gasteiger charge is 2.13. The Kier molecular flexibility index (Phi) is 7.30. The summed E-state index contributed by atoms with van der Waals surface area (Å²) >= 11 is 11.8. The molecule has 0 aliphatic rings. The summed E-state index contributed by atoms with van der Waals surface area (Å²) in [4.78, 5) is 25.7. The average molecular weight is 395 g/mol. The highest BCUT2D eigenvalue weighted by molar-refractivity contribution is 6.31. The third-order valence-corrected chi connectivity index (χ3v) is 4.26. The Morgan fingerprint density at radius 3 is 2.35 bits per heavy atom. The van der Waals surface area contributed by atoms with Crippen molar-refractivity contribution in [1.82, 2.24) is 4.90 Å². The lowest BCUT2D eigenvalue weighted by atomic mass is 10.2. The fourth-order valence-corrected chi connectivity index (χ4v) is 2.68. The molecule has 7 heteroatoms. The normalized spacial score (nSPS) is 10.3. The van der Waals surface area contributed by atoms with E-state index in [1.54, 1.807) is 35.2 Å². The number of amides is 2. The number of halogens is 2. The molecular formula is C19H20Cl2N2O3. The number of anilines is 1. The van der Waals surface area contributed by atoms with Gasteiger partial charge in [-0.25, -0.2) is 0 Å². The molecule has 2 aromatic carbocycles. The second-order valence-electron chi connectivity index (χ2n) is 5.71. The van der Waals surface area contributed by atoms with Gasteiger partial charge in [0.15, 0.2) is 0 Å². The zero-order valence-electron chi connectivity index (χ0n) is 14.6. The van der Waals surface area contributed by atoms with E-state index in [9.17, 15) is 9.59 Å². The Hall–Kier alpha value is -2.24. The maximum absolute atomic E-state index is 12.3. The van der Waals surface area contributed by atoms with E-state index in [1.165, 1.54) is 14.0 Å². The van der Waals surface area contributed by atoms with E-state index in [0.29, 0.717) is 34.6 Å². The van der Waals surface area contributed by atoms with E-state index in [-0.39, 0.29) is 18.2 Å². The van der Waals surface area contributed by atoms with Gasteiger partial charge in [-0.2, -0.15) is 0 Å².